The monoisotopic (exact) mass is 418 g/mol. The van der Waals surface area contributed by atoms with Gasteiger partial charge in [-0.2, -0.15) is 0 Å². The van der Waals surface area contributed by atoms with Crippen molar-refractivity contribution in [3.8, 4) is 0 Å². The topological polar surface area (TPSA) is 115 Å². The van der Waals surface area contributed by atoms with Gasteiger partial charge in [-0.3, -0.25) is 18.9 Å². The molecular formula is C22H22N6O3. The molecule has 4 aromatic rings. The van der Waals surface area contributed by atoms with Gasteiger partial charge in [-0.15, -0.1) is 4.91 Å². The summed E-state index contributed by atoms with van der Waals surface area (Å²) in [6.45, 7) is 2.61. The van der Waals surface area contributed by atoms with Crippen LogP contribution >= 0.6 is 0 Å². The van der Waals surface area contributed by atoms with Crippen molar-refractivity contribution in [2.24, 2.45) is 5.18 Å². The Labute approximate surface area is 177 Å². The van der Waals surface area contributed by atoms with Gasteiger partial charge in [0, 0.05) is 31.9 Å². The smallest absolute Gasteiger partial charge is 0.332 e. The predicted molar refractivity (Wildman–Crippen MR) is 118 cm³/mol. The molecule has 3 aromatic heterocycles. The number of aromatic nitrogens is 5. The maximum Gasteiger partial charge on any atom is 0.332 e. The predicted octanol–water partition coefficient (Wildman–Crippen LogP) is 2.92. The van der Waals surface area contributed by atoms with E-state index in [1.807, 2.05) is 19.1 Å². The van der Waals surface area contributed by atoms with Crippen LogP contribution in [0.2, 0.25) is 0 Å². The highest BCUT2D eigenvalue weighted by atomic mass is 16.3. The Balaban J connectivity index is 1.74. The maximum atomic E-state index is 13.1. The second-order valence-corrected chi connectivity index (χ2v) is 7.31. The number of rotatable bonds is 8. The van der Waals surface area contributed by atoms with Crippen LogP contribution in [0.15, 0.2) is 63.6 Å². The summed E-state index contributed by atoms with van der Waals surface area (Å²) < 4.78 is 2.81. The Morgan fingerprint density at radius 2 is 1.71 bits per heavy atom. The Morgan fingerprint density at radius 1 is 0.968 bits per heavy atom. The second kappa shape index (κ2) is 8.86. The van der Waals surface area contributed by atoms with Crippen LogP contribution in [0.5, 0.6) is 0 Å². The lowest BCUT2D eigenvalue weighted by atomic mass is 10.1. The third-order valence-electron chi connectivity index (χ3n) is 5.14. The average Bonchev–Trinajstić information content (AvgIpc) is 3.21. The fourth-order valence-corrected chi connectivity index (χ4v) is 3.58. The summed E-state index contributed by atoms with van der Waals surface area (Å²) >= 11 is 0. The van der Waals surface area contributed by atoms with E-state index in [9.17, 15) is 14.5 Å². The summed E-state index contributed by atoms with van der Waals surface area (Å²) in [5.74, 6) is 0.613. The van der Waals surface area contributed by atoms with Crippen LogP contribution in [-0.2, 0) is 25.9 Å². The molecule has 0 saturated carbocycles. The zero-order chi connectivity index (χ0) is 21.8. The number of nitrogens with zero attached hydrogens (tertiary/aromatic N) is 5. The summed E-state index contributed by atoms with van der Waals surface area (Å²) in [6, 6.07) is 10.7. The molecule has 31 heavy (non-hydrogen) atoms. The molecule has 0 spiro atoms. The van der Waals surface area contributed by atoms with Gasteiger partial charge in [0.05, 0.1) is 0 Å². The van der Waals surface area contributed by atoms with Crippen molar-refractivity contribution >= 4 is 16.9 Å². The Morgan fingerprint density at radius 3 is 2.39 bits per heavy atom. The summed E-state index contributed by atoms with van der Waals surface area (Å²) in [5.41, 5.74) is 2.28. The molecule has 0 fully saturated rings. The molecule has 1 N–H and O–H groups in total. The number of benzene rings is 1. The second-order valence-electron chi connectivity index (χ2n) is 7.31. The lowest BCUT2D eigenvalue weighted by molar-refractivity contribution is 0.559. The third kappa shape index (κ3) is 4.20. The largest absolute Gasteiger partial charge is 0.336 e. The number of nitroso groups, excluding NO2 is 1. The molecular weight excluding hydrogens is 396 g/mol. The van der Waals surface area contributed by atoms with Crippen LogP contribution in [0.4, 0.5) is 5.69 Å². The number of aromatic amines is 1. The summed E-state index contributed by atoms with van der Waals surface area (Å²) in [7, 11) is 0. The van der Waals surface area contributed by atoms with E-state index in [0.29, 0.717) is 55.0 Å². The number of H-pyrrole nitrogens is 1. The molecule has 4 rings (SSSR count). The van der Waals surface area contributed by atoms with Crippen molar-refractivity contribution in [2.45, 2.75) is 39.3 Å². The van der Waals surface area contributed by atoms with Crippen molar-refractivity contribution in [1.29, 1.82) is 0 Å². The van der Waals surface area contributed by atoms with Gasteiger partial charge in [-0.25, -0.2) is 9.78 Å². The standard InChI is InChI=1S/C22H22N6O3/c1-2-12-28-21(29)19-20(25-18(24-19)14-16-7-10-23-11-8-16)27(22(28)30)13-9-15-3-5-17(26-31)6-4-15/h3-8,10-11H,2,9,12-14H2,1H3,(H,24,25). The average molecular weight is 418 g/mol. The van der Waals surface area contributed by atoms with Gasteiger partial charge in [0.2, 0.25) is 0 Å². The van der Waals surface area contributed by atoms with E-state index in [0.717, 1.165) is 11.1 Å². The number of nitrogens with one attached hydrogen (secondary N) is 1. The Bertz CT molecular complexity index is 1320. The molecule has 9 heteroatoms. The molecule has 0 aliphatic heterocycles. The quantitative estimate of drug-likeness (QED) is 0.442. The zero-order valence-corrected chi connectivity index (χ0v) is 17.1. The highest BCUT2D eigenvalue weighted by molar-refractivity contribution is 5.70. The van der Waals surface area contributed by atoms with E-state index in [-0.39, 0.29) is 11.2 Å². The molecule has 0 radical (unpaired) electrons. The van der Waals surface area contributed by atoms with Gasteiger partial charge >= 0.3 is 5.69 Å². The van der Waals surface area contributed by atoms with E-state index in [4.69, 9.17) is 0 Å². The Hall–Kier alpha value is -3.88. The molecule has 158 valence electrons. The fourth-order valence-electron chi connectivity index (χ4n) is 3.58. The van der Waals surface area contributed by atoms with Crippen molar-refractivity contribution < 1.29 is 0 Å². The molecule has 0 aliphatic carbocycles. The first-order valence-electron chi connectivity index (χ1n) is 10.1. The van der Waals surface area contributed by atoms with E-state index < -0.39 is 0 Å². The van der Waals surface area contributed by atoms with Gasteiger partial charge in [-0.1, -0.05) is 19.1 Å². The van der Waals surface area contributed by atoms with Gasteiger partial charge < -0.3 is 4.98 Å². The molecule has 0 unspecified atom stereocenters. The zero-order valence-electron chi connectivity index (χ0n) is 17.1. The molecule has 0 atom stereocenters. The first kappa shape index (κ1) is 20.4. The molecule has 0 saturated heterocycles. The Kier molecular flexibility index (Phi) is 5.83. The van der Waals surface area contributed by atoms with Crippen LogP contribution < -0.4 is 11.2 Å². The molecule has 1 aromatic carbocycles. The first-order valence-corrected chi connectivity index (χ1v) is 10.1. The first-order chi connectivity index (χ1) is 15.1. The molecule has 0 aliphatic rings. The minimum absolute atomic E-state index is 0.331. The number of hydrogen-bond acceptors (Lipinski definition) is 6. The van der Waals surface area contributed by atoms with Crippen molar-refractivity contribution in [3.63, 3.8) is 0 Å². The van der Waals surface area contributed by atoms with Crippen molar-refractivity contribution in [1.82, 2.24) is 24.1 Å². The lowest BCUT2D eigenvalue weighted by Crippen LogP contribution is -2.40. The van der Waals surface area contributed by atoms with Crippen LogP contribution in [0.1, 0.15) is 30.3 Å². The number of imidazole rings is 1. The van der Waals surface area contributed by atoms with Gasteiger partial charge in [0.25, 0.3) is 5.56 Å². The van der Waals surface area contributed by atoms with Crippen molar-refractivity contribution in [2.75, 3.05) is 0 Å². The fraction of sp³-hybridized carbons (Fsp3) is 0.273. The SMILES string of the molecule is CCCn1c(=O)c2[nH]c(Cc3ccncc3)nc2n(CCc2ccc(N=O)cc2)c1=O. The number of hydrogen-bond donors (Lipinski definition) is 1. The lowest BCUT2D eigenvalue weighted by Gasteiger charge is -2.10. The van der Waals surface area contributed by atoms with Crippen LogP contribution in [-0.4, -0.2) is 24.1 Å². The third-order valence-corrected chi connectivity index (χ3v) is 5.14. The highest BCUT2D eigenvalue weighted by Gasteiger charge is 2.17. The van der Waals surface area contributed by atoms with E-state index in [1.54, 1.807) is 41.2 Å². The summed E-state index contributed by atoms with van der Waals surface area (Å²) in [6.07, 6.45) is 5.11. The summed E-state index contributed by atoms with van der Waals surface area (Å²) in [5, 5.41) is 2.90. The van der Waals surface area contributed by atoms with Crippen LogP contribution in [0.3, 0.4) is 0 Å². The van der Waals surface area contributed by atoms with Crippen LogP contribution in [0.25, 0.3) is 11.2 Å². The highest BCUT2D eigenvalue weighted by Crippen LogP contribution is 2.14. The number of fused-ring (bicyclic) bond motifs is 1. The van der Waals surface area contributed by atoms with E-state index in [2.05, 4.69) is 20.1 Å². The van der Waals surface area contributed by atoms with Gasteiger partial charge in [-0.05, 0) is 53.4 Å². The number of aryl methyl sites for hydroxylation is 2. The van der Waals surface area contributed by atoms with E-state index >= 15 is 0 Å². The van der Waals surface area contributed by atoms with Crippen LogP contribution in [0, 0.1) is 4.91 Å². The normalized spacial score (nSPS) is 11.1. The molecule has 9 nitrogen and oxygen atoms in total. The summed E-state index contributed by atoms with van der Waals surface area (Å²) in [4.78, 5) is 48.4. The molecule has 0 bridgehead atoms. The van der Waals surface area contributed by atoms with Crippen molar-refractivity contribution in [3.05, 3.63) is 91.5 Å². The minimum Gasteiger partial charge on any atom is -0.336 e. The van der Waals surface area contributed by atoms with Gasteiger partial charge in [0.15, 0.2) is 5.65 Å². The molecule has 3 heterocycles. The van der Waals surface area contributed by atoms with Gasteiger partial charge in [0.1, 0.15) is 17.0 Å². The minimum atomic E-state index is -0.368. The molecule has 0 amide bonds. The van der Waals surface area contributed by atoms with E-state index in [1.165, 1.54) is 4.57 Å². The maximum absolute atomic E-state index is 13.1. The number of pyridine rings is 1.